The monoisotopic (exact) mass is 486 g/mol. The average molecular weight is 487 g/mol. The standard InChI is InChI=1S/C25H23FN8O2/c1-15-21(36-16-3-5-20-18(11-16)30-14-33(20)2)6-4-17(22(15)26)31-24-23-19(28-13-29-24)12-27-25(32-23)34-7-9-35-10-8-34/h3-6,11-14H,7-10H2,1-2H3,(H,28,29,31). The number of hydrogen-bond acceptors (Lipinski definition) is 9. The van der Waals surface area contributed by atoms with E-state index in [-0.39, 0.29) is 5.69 Å². The SMILES string of the molecule is Cc1c(Oc2ccc3c(c2)ncn3C)ccc(Nc2ncnc3cnc(N4CCOCC4)nc23)c1F. The zero-order chi connectivity index (χ0) is 24.6. The molecule has 0 amide bonds. The third-order valence-electron chi connectivity index (χ3n) is 6.17. The van der Waals surface area contributed by atoms with Gasteiger partial charge in [-0.15, -0.1) is 0 Å². The quantitative estimate of drug-likeness (QED) is 0.393. The van der Waals surface area contributed by atoms with Gasteiger partial charge in [0.15, 0.2) is 11.6 Å². The Morgan fingerprint density at radius 1 is 1.03 bits per heavy atom. The van der Waals surface area contributed by atoms with Gasteiger partial charge in [-0.25, -0.2) is 29.3 Å². The molecule has 5 aromatic rings. The zero-order valence-corrected chi connectivity index (χ0v) is 19.8. The van der Waals surface area contributed by atoms with Crippen molar-refractivity contribution in [1.82, 2.24) is 29.5 Å². The Kier molecular flexibility index (Phi) is 5.53. The molecule has 1 saturated heterocycles. The van der Waals surface area contributed by atoms with E-state index in [4.69, 9.17) is 9.47 Å². The van der Waals surface area contributed by atoms with Gasteiger partial charge in [-0.05, 0) is 31.2 Å². The van der Waals surface area contributed by atoms with E-state index in [0.717, 1.165) is 11.0 Å². The Hall–Kier alpha value is -4.38. The van der Waals surface area contributed by atoms with Crippen LogP contribution < -0.4 is 15.0 Å². The van der Waals surface area contributed by atoms with Crippen LogP contribution in [0, 0.1) is 12.7 Å². The third-order valence-corrected chi connectivity index (χ3v) is 6.17. The first-order chi connectivity index (χ1) is 17.6. The molecular weight excluding hydrogens is 463 g/mol. The Labute approximate surface area is 205 Å². The number of fused-ring (bicyclic) bond motifs is 2. The van der Waals surface area contributed by atoms with Gasteiger partial charge in [0, 0.05) is 31.8 Å². The molecule has 10 nitrogen and oxygen atoms in total. The molecule has 0 radical (unpaired) electrons. The third kappa shape index (κ3) is 4.03. The van der Waals surface area contributed by atoms with Gasteiger partial charge in [-0.1, -0.05) is 0 Å². The van der Waals surface area contributed by atoms with E-state index in [2.05, 4.69) is 30.2 Å². The van der Waals surface area contributed by atoms with Gasteiger partial charge in [0.2, 0.25) is 5.95 Å². The molecular formula is C25H23FN8O2. The van der Waals surface area contributed by atoms with Crippen molar-refractivity contribution < 1.29 is 13.9 Å². The van der Waals surface area contributed by atoms with Crippen LogP contribution in [0.1, 0.15) is 5.56 Å². The molecule has 182 valence electrons. The van der Waals surface area contributed by atoms with Gasteiger partial charge < -0.3 is 24.3 Å². The second-order valence-corrected chi connectivity index (χ2v) is 8.51. The van der Waals surface area contributed by atoms with Crippen molar-refractivity contribution >= 4 is 39.5 Å². The molecule has 2 aromatic carbocycles. The Morgan fingerprint density at radius 2 is 1.89 bits per heavy atom. The number of ether oxygens (including phenoxy) is 2. The van der Waals surface area contributed by atoms with E-state index in [1.54, 1.807) is 31.6 Å². The molecule has 11 heteroatoms. The number of halogens is 1. The van der Waals surface area contributed by atoms with Crippen LogP contribution >= 0.6 is 0 Å². The molecule has 0 bridgehead atoms. The molecule has 6 rings (SSSR count). The van der Waals surface area contributed by atoms with Crippen molar-refractivity contribution in [2.45, 2.75) is 6.92 Å². The van der Waals surface area contributed by atoms with Crippen molar-refractivity contribution in [2.24, 2.45) is 7.05 Å². The van der Waals surface area contributed by atoms with E-state index >= 15 is 4.39 Å². The molecule has 3 aromatic heterocycles. The number of nitrogens with one attached hydrogen (secondary N) is 1. The number of imidazole rings is 1. The first kappa shape index (κ1) is 22.1. The summed E-state index contributed by atoms with van der Waals surface area (Å²) in [5.41, 5.74) is 3.49. The summed E-state index contributed by atoms with van der Waals surface area (Å²) in [5.74, 6) is 1.51. The minimum Gasteiger partial charge on any atom is -0.457 e. The Morgan fingerprint density at radius 3 is 2.75 bits per heavy atom. The fraction of sp³-hybridized carbons (Fsp3) is 0.240. The summed E-state index contributed by atoms with van der Waals surface area (Å²) in [4.78, 5) is 24.1. The maximum Gasteiger partial charge on any atom is 0.226 e. The second kappa shape index (κ2) is 9.00. The van der Waals surface area contributed by atoms with Crippen LogP contribution in [-0.4, -0.2) is 55.8 Å². The molecule has 0 aliphatic carbocycles. The fourth-order valence-corrected chi connectivity index (χ4v) is 4.16. The number of nitrogens with zero attached hydrogens (tertiary/aromatic N) is 7. The van der Waals surface area contributed by atoms with E-state index in [1.165, 1.54) is 6.33 Å². The molecule has 1 aliphatic rings. The van der Waals surface area contributed by atoms with Crippen LogP contribution in [0.15, 0.2) is 49.2 Å². The van der Waals surface area contributed by atoms with Crippen molar-refractivity contribution in [3.63, 3.8) is 0 Å². The lowest BCUT2D eigenvalue weighted by Crippen LogP contribution is -2.37. The summed E-state index contributed by atoms with van der Waals surface area (Å²) in [7, 11) is 1.93. The van der Waals surface area contributed by atoms with E-state index in [9.17, 15) is 0 Å². The van der Waals surface area contributed by atoms with Crippen molar-refractivity contribution in [1.29, 1.82) is 0 Å². The van der Waals surface area contributed by atoms with Crippen molar-refractivity contribution in [3.8, 4) is 11.5 Å². The van der Waals surface area contributed by atoms with E-state index < -0.39 is 5.82 Å². The van der Waals surface area contributed by atoms with Crippen molar-refractivity contribution in [3.05, 3.63) is 60.6 Å². The van der Waals surface area contributed by atoms with Crippen LogP contribution in [-0.2, 0) is 11.8 Å². The number of rotatable bonds is 5. The maximum absolute atomic E-state index is 15.4. The highest BCUT2D eigenvalue weighted by Gasteiger charge is 2.18. The van der Waals surface area contributed by atoms with Crippen LogP contribution in [0.3, 0.4) is 0 Å². The van der Waals surface area contributed by atoms with Gasteiger partial charge >= 0.3 is 0 Å². The number of benzene rings is 2. The predicted molar refractivity (Wildman–Crippen MR) is 133 cm³/mol. The molecule has 0 spiro atoms. The van der Waals surface area contributed by atoms with Crippen LogP contribution in [0.25, 0.3) is 22.1 Å². The number of morpholine rings is 1. The zero-order valence-electron chi connectivity index (χ0n) is 19.8. The van der Waals surface area contributed by atoms with Gasteiger partial charge in [0.1, 0.15) is 28.9 Å². The molecule has 1 fully saturated rings. The van der Waals surface area contributed by atoms with Gasteiger partial charge in [0.05, 0.1) is 42.5 Å². The molecule has 1 aliphatic heterocycles. The van der Waals surface area contributed by atoms with Crippen LogP contribution in [0.5, 0.6) is 11.5 Å². The lowest BCUT2D eigenvalue weighted by atomic mass is 10.1. The minimum absolute atomic E-state index is 0.256. The smallest absolute Gasteiger partial charge is 0.226 e. The van der Waals surface area contributed by atoms with Crippen molar-refractivity contribution in [2.75, 3.05) is 36.5 Å². The van der Waals surface area contributed by atoms with Gasteiger partial charge in [0.25, 0.3) is 0 Å². The topological polar surface area (TPSA) is 103 Å². The largest absolute Gasteiger partial charge is 0.457 e. The first-order valence-corrected chi connectivity index (χ1v) is 11.5. The van der Waals surface area contributed by atoms with E-state index in [1.807, 2.05) is 34.7 Å². The maximum atomic E-state index is 15.4. The molecule has 0 unspecified atom stereocenters. The average Bonchev–Trinajstić information content (AvgIpc) is 3.28. The number of hydrogen-bond donors (Lipinski definition) is 1. The Balaban J connectivity index is 1.28. The second-order valence-electron chi connectivity index (χ2n) is 8.51. The minimum atomic E-state index is -0.444. The van der Waals surface area contributed by atoms with Crippen LogP contribution in [0.2, 0.25) is 0 Å². The fourth-order valence-electron chi connectivity index (χ4n) is 4.16. The van der Waals surface area contributed by atoms with E-state index in [0.29, 0.717) is 66.2 Å². The first-order valence-electron chi connectivity index (χ1n) is 11.5. The van der Waals surface area contributed by atoms with Crippen LogP contribution in [0.4, 0.5) is 21.8 Å². The molecule has 0 atom stereocenters. The molecule has 1 N–H and O–H groups in total. The summed E-state index contributed by atoms with van der Waals surface area (Å²) >= 11 is 0. The highest BCUT2D eigenvalue weighted by Crippen LogP contribution is 2.33. The lowest BCUT2D eigenvalue weighted by molar-refractivity contribution is 0.122. The normalized spacial score (nSPS) is 13.9. The number of aromatic nitrogens is 6. The molecule has 4 heterocycles. The highest BCUT2D eigenvalue weighted by molar-refractivity contribution is 5.87. The summed E-state index contributed by atoms with van der Waals surface area (Å²) in [5, 5.41) is 3.08. The predicted octanol–water partition coefficient (Wildman–Crippen LogP) is 4.13. The summed E-state index contributed by atoms with van der Waals surface area (Å²) in [6, 6.07) is 8.94. The highest BCUT2D eigenvalue weighted by atomic mass is 19.1. The summed E-state index contributed by atoms with van der Waals surface area (Å²) in [6.07, 6.45) is 4.79. The summed E-state index contributed by atoms with van der Waals surface area (Å²) in [6.45, 7) is 4.31. The lowest BCUT2D eigenvalue weighted by Gasteiger charge is -2.26. The molecule has 0 saturated carbocycles. The van der Waals surface area contributed by atoms with Gasteiger partial charge in [-0.3, -0.25) is 0 Å². The summed E-state index contributed by atoms with van der Waals surface area (Å²) < 4.78 is 28.7. The Bertz CT molecular complexity index is 1580. The number of anilines is 3. The van der Waals surface area contributed by atoms with Gasteiger partial charge in [-0.2, -0.15) is 0 Å². The molecule has 36 heavy (non-hydrogen) atoms. The number of aryl methyl sites for hydroxylation is 1.